The van der Waals surface area contributed by atoms with E-state index in [1.807, 2.05) is 0 Å². The highest BCUT2D eigenvalue weighted by Crippen LogP contribution is 2.47. The molecule has 7 aromatic rings. The van der Waals surface area contributed by atoms with Crippen LogP contribution in [0.1, 0.15) is 52.1 Å². The van der Waals surface area contributed by atoms with Crippen molar-refractivity contribution < 1.29 is 0 Å². The number of fused-ring (bicyclic) bond motifs is 10. The van der Waals surface area contributed by atoms with Crippen molar-refractivity contribution in [3.05, 3.63) is 227 Å². The van der Waals surface area contributed by atoms with E-state index in [4.69, 9.17) is 4.99 Å². The van der Waals surface area contributed by atoms with Crippen molar-refractivity contribution in [2.24, 2.45) is 22.7 Å². The van der Waals surface area contributed by atoms with Gasteiger partial charge in [-0.3, -0.25) is 5.32 Å². The number of benzene rings is 5. The molecule has 0 fully saturated rings. The molecular formula is C57H45N5. The van der Waals surface area contributed by atoms with Gasteiger partial charge >= 0.3 is 0 Å². The lowest BCUT2D eigenvalue weighted by Gasteiger charge is -2.43. The van der Waals surface area contributed by atoms with Crippen LogP contribution in [0.5, 0.6) is 0 Å². The van der Waals surface area contributed by atoms with Crippen molar-refractivity contribution in [1.29, 1.82) is 0 Å². The molecule has 2 N–H and O–H groups in total. The van der Waals surface area contributed by atoms with E-state index in [1.165, 1.54) is 72.1 Å². The Morgan fingerprint density at radius 2 is 1.44 bits per heavy atom. The number of aliphatic imine (C=N–C) groups is 1. The number of para-hydroxylation sites is 1. The van der Waals surface area contributed by atoms with Crippen LogP contribution in [0.25, 0.3) is 56.1 Å². The Labute approximate surface area is 361 Å². The lowest BCUT2D eigenvalue weighted by Crippen LogP contribution is -2.57. The molecular weight excluding hydrogens is 755 g/mol. The number of amidine groups is 1. The molecule has 0 amide bonds. The summed E-state index contributed by atoms with van der Waals surface area (Å²) >= 11 is 0. The first kappa shape index (κ1) is 35.5. The van der Waals surface area contributed by atoms with Crippen LogP contribution in [0.3, 0.4) is 0 Å². The van der Waals surface area contributed by atoms with Gasteiger partial charge in [0.05, 0.1) is 17.2 Å². The Hall–Kier alpha value is -7.21. The highest BCUT2D eigenvalue weighted by atomic mass is 15.3. The van der Waals surface area contributed by atoms with Gasteiger partial charge in [0, 0.05) is 73.9 Å². The number of hydrogen-bond donors (Lipinski definition) is 2. The third kappa shape index (κ3) is 5.55. The third-order valence-electron chi connectivity index (χ3n) is 14.0. The first-order valence-electron chi connectivity index (χ1n) is 22.2. The van der Waals surface area contributed by atoms with E-state index >= 15 is 0 Å². The molecule has 0 saturated carbocycles. The second-order valence-corrected chi connectivity index (χ2v) is 17.4. The Bertz CT molecular complexity index is 3270. The maximum atomic E-state index is 5.30. The van der Waals surface area contributed by atoms with Gasteiger partial charge in [-0.2, -0.15) is 0 Å². The second kappa shape index (κ2) is 14.2. The zero-order chi connectivity index (χ0) is 40.7. The van der Waals surface area contributed by atoms with E-state index in [-0.39, 0.29) is 24.2 Å². The van der Waals surface area contributed by atoms with Crippen molar-refractivity contribution >= 4 is 56.3 Å². The number of rotatable bonds is 5. The van der Waals surface area contributed by atoms with Gasteiger partial charge < -0.3 is 14.5 Å². The summed E-state index contributed by atoms with van der Waals surface area (Å²) in [5.74, 6) is 1.78. The molecule has 0 spiro atoms. The molecule has 13 rings (SSSR count). The van der Waals surface area contributed by atoms with E-state index in [1.54, 1.807) is 0 Å². The van der Waals surface area contributed by atoms with Crippen molar-refractivity contribution in [2.45, 2.75) is 31.1 Å². The van der Waals surface area contributed by atoms with Crippen LogP contribution < -0.4 is 10.6 Å². The first-order valence-corrected chi connectivity index (χ1v) is 22.2. The van der Waals surface area contributed by atoms with Gasteiger partial charge in [-0.25, -0.2) is 4.99 Å². The summed E-state index contributed by atoms with van der Waals surface area (Å²) in [6, 6.07) is 42.2. The summed E-state index contributed by atoms with van der Waals surface area (Å²) in [6.07, 6.45) is 34.1. The molecule has 0 saturated heterocycles. The zero-order valence-corrected chi connectivity index (χ0v) is 34.3. The van der Waals surface area contributed by atoms with Gasteiger partial charge in [0.2, 0.25) is 0 Å². The van der Waals surface area contributed by atoms with Crippen molar-refractivity contribution in [2.75, 3.05) is 0 Å². The molecule has 1 aliphatic heterocycles. The van der Waals surface area contributed by atoms with Crippen LogP contribution in [0.15, 0.2) is 199 Å². The summed E-state index contributed by atoms with van der Waals surface area (Å²) < 4.78 is 5.17. The minimum Gasteiger partial charge on any atom is -0.354 e. The molecule has 5 aliphatic carbocycles. The summed E-state index contributed by atoms with van der Waals surface area (Å²) in [5.41, 5.74) is 14.0. The van der Waals surface area contributed by atoms with Gasteiger partial charge in [0.25, 0.3) is 0 Å². The predicted molar refractivity (Wildman–Crippen MR) is 257 cm³/mol. The average Bonchev–Trinajstić information content (AvgIpc) is 3.86. The zero-order valence-electron chi connectivity index (χ0n) is 34.3. The van der Waals surface area contributed by atoms with Crippen LogP contribution in [0.4, 0.5) is 0 Å². The highest BCUT2D eigenvalue weighted by Gasteiger charge is 2.41. The fourth-order valence-electron chi connectivity index (χ4n) is 11.2. The topological polar surface area (TPSA) is 46.3 Å². The summed E-state index contributed by atoms with van der Waals surface area (Å²) in [6.45, 7) is 0. The first-order chi connectivity index (χ1) is 30.7. The van der Waals surface area contributed by atoms with Gasteiger partial charge in [-0.15, -0.1) is 0 Å². The normalized spacial score (nSPS) is 24.3. The molecule has 0 radical (unpaired) electrons. The number of hydrogen-bond acceptors (Lipinski definition) is 3. The quantitative estimate of drug-likeness (QED) is 0.182. The molecule has 6 unspecified atom stereocenters. The Morgan fingerprint density at radius 3 is 2.35 bits per heavy atom. The minimum atomic E-state index is -0.205. The maximum Gasteiger partial charge on any atom is 0.131 e. The number of nitrogens with one attached hydrogen (secondary N) is 2. The number of nitrogens with zero attached hydrogens (tertiary/aromatic N) is 3. The maximum absolute atomic E-state index is 5.30. The fraction of sp³-hybridized carbons (Fsp3) is 0.140. The molecule has 62 heavy (non-hydrogen) atoms. The van der Waals surface area contributed by atoms with E-state index in [9.17, 15) is 0 Å². The van der Waals surface area contributed by atoms with Gasteiger partial charge in [0.1, 0.15) is 12.0 Å². The van der Waals surface area contributed by atoms with Gasteiger partial charge in [-0.05, 0) is 71.2 Å². The van der Waals surface area contributed by atoms with Crippen LogP contribution in [-0.4, -0.2) is 21.1 Å². The van der Waals surface area contributed by atoms with Crippen LogP contribution in [-0.2, 0) is 6.42 Å². The molecule has 0 bridgehead atoms. The van der Waals surface area contributed by atoms with E-state index in [0.717, 1.165) is 29.8 Å². The van der Waals surface area contributed by atoms with Crippen LogP contribution >= 0.6 is 0 Å². The molecule has 298 valence electrons. The molecule has 5 nitrogen and oxygen atoms in total. The lowest BCUT2D eigenvalue weighted by molar-refractivity contribution is 0.300. The molecule has 2 aromatic heterocycles. The smallest absolute Gasteiger partial charge is 0.131 e. The van der Waals surface area contributed by atoms with Gasteiger partial charge in [0.15, 0.2) is 0 Å². The highest BCUT2D eigenvalue weighted by molar-refractivity contribution is 6.05. The van der Waals surface area contributed by atoms with Crippen molar-refractivity contribution in [1.82, 2.24) is 19.8 Å². The molecule has 5 aromatic carbocycles. The largest absolute Gasteiger partial charge is 0.354 e. The van der Waals surface area contributed by atoms with Crippen molar-refractivity contribution in [3.8, 4) is 5.69 Å². The Kier molecular flexibility index (Phi) is 8.13. The number of allylic oxidation sites excluding steroid dienone is 13. The monoisotopic (exact) mass is 799 g/mol. The van der Waals surface area contributed by atoms with Gasteiger partial charge in [-0.1, -0.05) is 164 Å². The molecule has 6 atom stereocenters. The van der Waals surface area contributed by atoms with E-state index in [0.29, 0.717) is 11.8 Å². The summed E-state index contributed by atoms with van der Waals surface area (Å²) in [4.78, 5) is 5.30. The summed E-state index contributed by atoms with van der Waals surface area (Å²) in [7, 11) is 0. The summed E-state index contributed by atoms with van der Waals surface area (Å²) in [5, 5.41) is 13.1. The molecule has 6 aliphatic rings. The second-order valence-electron chi connectivity index (χ2n) is 17.4. The van der Waals surface area contributed by atoms with Crippen LogP contribution in [0, 0.1) is 17.8 Å². The average molecular weight is 800 g/mol. The van der Waals surface area contributed by atoms with E-state index in [2.05, 4.69) is 220 Å². The van der Waals surface area contributed by atoms with Crippen molar-refractivity contribution in [3.63, 3.8) is 0 Å². The molecule has 3 heterocycles. The number of aromatic nitrogens is 2. The lowest BCUT2D eigenvalue weighted by atomic mass is 9.75. The SMILES string of the molecule is C1=CC2=CC=C(n3c4c(c5cc6cc(-n7c8c(c9ccccc97)C=CC7C=CC=CC87)ccc6cc53)C=CCC4)C(C3NC(c4ccccc4)=NC(c4ccccc4)N3)C2C=C1. The Balaban J connectivity index is 0.975. The fourth-order valence-corrected chi connectivity index (χ4v) is 11.2. The third-order valence-corrected chi connectivity index (χ3v) is 14.0. The van der Waals surface area contributed by atoms with E-state index < -0.39 is 0 Å². The molecule has 5 heteroatoms. The van der Waals surface area contributed by atoms with Crippen LogP contribution in [0.2, 0.25) is 0 Å². The Morgan fingerprint density at radius 1 is 0.613 bits per heavy atom. The minimum absolute atomic E-state index is 0.0510. The standard InChI is InChI=1S/C57H45N5/c1-3-17-38(18-4-1)55-58-56(39-19-5-2-6-20-39)60-57(59-55)53-43-21-9-7-15-36(43)29-32-51(53)62-50-26-14-12-24-46(50)48-34-41-33-42(30-27-40(41)35-52(48)62)61-49-25-13-11-23-45(49)47-31-28-37-16-8-10-22-44(37)54(47)61/h1-13,15-25,27-35,37,43-44,53,55,57,59H,14,26H2,(H,58,60). The predicted octanol–water partition coefficient (Wildman–Crippen LogP) is 12.4.